The zero-order valence-electron chi connectivity index (χ0n) is 6.60. The fourth-order valence-corrected chi connectivity index (χ4v) is 0.637. The van der Waals surface area contributed by atoms with E-state index < -0.39 is 5.41 Å². The average Bonchev–Trinajstić information content (AvgIpc) is 2.00. The topological polar surface area (TPSA) is 40.9 Å². The van der Waals surface area contributed by atoms with E-state index in [2.05, 4.69) is 0 Å². The van der Waals surface area contributed by atoms with Gasteiger partial charge in [0.25, 0.3) is 0 Å². The summed E-state index contributed by atoms with van der Waals surface area (Å²) in [5.41, 5.74) is 0.407. The minimum absolute atomic E-state index is 0.130. The lowest BCUT2D eigenvalue weighted by atomic mass is 9.85. The van der Waals surface area contributed by atoms with Gasteiger partial charge in [-0.1, -0.05) is 17.7 Å². The van der Waals surface area contributed by atoms with Crippen LogP contribution in [0.25, 0.3) is 0 Å². The largest absolute Gasteiger partial charge is 0.298 e. The Morgan fingerprint density at radius 1 is 1.82 bits per heavy atom. The van der Waals surface area contributed by atoms with Gasteiger partial charge in [-0.05, 0) is 20.3 Å². The monoisotopic (exact) mass is 171 g/mol. The number of Topliss-reactive ketones (excluding diaryl/α,β-unsaturated/α-hetero) is 1. The third-order valence-electron chi connectivity index (χ3n) is 1.64. The molecule has 0 heterocycles. The van der Waals surface area contributed by atoms with Crippen LogP contribution in [-0.4, -0.2) is 5.78 Å². The van der Waals surface area contributed by atoms with Gasteiger partial charge in [-0.25, -0.2) is 0 Å². The van der Waals surface area contributed by atoms with E-state index >= 15 is 0 Å². The maximum Gasteiger partial charge on any atom is 0.150 e. The highest BCUT2D eigenvalue weighted by Crippen LogP contribution is 2.21. The third kappa shape index (κ3) is 2.73. The standard InChI is InChI=1S/C8H10ClNO/c1-7(11)8(2,6-10)4-3-5-9/h3,5H,4H2,1-2H3/b5-3+. The molecule has 0 amide bonds. The molecule has 0 bridgehead atoms. The molecule has 0 aliphatic carbocycles. The fraction of sp³-hybridized carbons (Fsp3) is 0.500. The number of carbonyl (C=O) groups is 1. The second-order valence-electron chi connectivity index (χ2n) is 2.57. The zero-order chi connectivity index (χ0) is 8.91. The molecule has 0 aromatic rings. The third-order valence-corrected chi connectivity index (χ3v) is 1.82. The molecule has 1 atom stereocenters. The predicted octanol–water partition coefficient (Wildman–Crippen LogP) is 2.25. The Kier molecular flexibility index (Phi) is 3.84. The maximum absolute atomic E-state index is 10.9. The quantitative estimate of drug-likeness (QED) is 0.654. The molecule has 2 nitrogen and oxygen atoms in total. The number of hydrogen-bond donors (Lipinski definition) is 0. The van der Waals surface area contributed by atoms with Crippen LogP contribution < -0.4 is 0 Å². The molecule has 11 heavy (non-hydrogen) atoms. The van der Waals surface area contributed by atoms with Crippen molar-refractivity contribution in [2.75, 3.05) is 0 Å². The number of hydrogen-bond acceptors (Lipinski definition) is 2. The SMILES string of the molecule is CC(=O)C(C)(C#N)C/C=C/Cl. The molecule has 3 heteroatoms. The van der Waals surface area contributed by atoms with E-state index in [-0.39, 0.29) is 5.78 Å². The van der Waals surface area contributed by atoms with Crippen LogP contribution in [0.2, 0.25) is 0 Å². The Balaban J connectivity index is 4.38. The Morgan fingerprint density at radius 2 is 2.36 bits per heavy atom. The molecule has 0 spiro atoms. The van der Waals surface area contributed by atoms with Crippen molar-refractivity contribution in [3.8, 4) is 6.07 Å². The highest BCUT2D eigenvalue weighted by atomic mass is 35.5. The Morgan fingerprint density at radius 3 is 2.64 bits per heavy atom. The minimum atomic E-state index is -0.911. The van der Waals surface area contributed by atoms with E-state index in [0.717, 1.165) is 0 Å². The van der Waals surface area contributed by atoms with Crippen molar-refractivity contribution in [2.24, 2.45) is 5.41 Å². The molecule has 0 rings (SSSR count). The van der Waals surface area contributed by atoms with Crippen molar-refractivity contribution in [3.05, 3.63) is 11.6 Å². The van der Waals surface area contributed by atoms with E-state index in [1.165, 1.54) is 12.5 Å². The van der Waals surface area contributed by atoms with Gasteiger partial charge in [0.2, 0.25) is 0 Å². The molecular formula is C8H10ClNO. The second-order valence-corrected chi connectivity index (χ2v) is 2.82. The van der Waals surface area contributed by atoms with Gasteiger partial charge in [-0.15, -0.1) is 0 Å². The van der Waals surface area contributed by atoms with Crippen LogP contribution in [-0.2, 0) is 4.79 Å². The minimum Gasteiger partial charge on any atom is -0.298 e. The first-order chi connectivity index (χ1) is 5.06. The summed E-state index contributed by atoms with van der Waals surface area (Å²) in [4.78, 5) is 10.9. The second kappa shape index (κ2) is 4.15. The molecule has 0 N–H and O–H groups in total. The Hall–Kier alpha value is -0.810. The van der Waals surface area contributed by atoms with Crippen molar-refractivity contribution in [1.29, 1.82) is 5.26 Å². The van der Waals surface area contributed by atoms with Gasteiger partial charge in [-0.3, -0.25) is 4.79 Å². The van der Waals surface area contributed by atoms with Gasteiger partial charge in [0.1, 0.15) is 11.2 Å². The molecule has 0 radical (unpaired) electrons. The van der Waals surface area contributed by atoms with Gasteiger partial charge in [0, 0.05) is 5.54 Å². The lowest BCUT2D eigenvalue weighted by molar-refractivity contribution is -0.122. The molecule has 0 saturated carbocycles. The number of nitriles is 1. The fourth-order valence-electron chi connectivity index (χ4n) is 0.548. The molecule has 1 unspecified atom stereocenters. The van der Waals surface area contributed by atoms with Gasteiger partial charge in [0.05, 0.1) is 6.07 Å². The van der Waals surface area contributed by atoms with E-state index in [4.69, 9.17) is 16.9 Å². The molecule has 60 valence electrons. The zero-order valence-corrected chi connectivity index (χ0v) is 7.35. The molecule has 0 aromatic heterocycles. The average molecular weight is 172 g/mol. The van der Waals surface area contributed by atoms with E-state index in [1.807, 2.05) is 6.07 Å². The molecule has 0 aliphatic rings. The normalized spacial score (nSPS) is 15.8. The number of ketones is 1. The highest BCUT2D eigenvalue weighted by Gasteiger charge is 2.27. The lowest BCUT2D eigenvalue weighted by Crippen LogP contribution is -2.22. The summed E-state index contributed by atoms with van der Waals surface area (Å²) in [5, 5.41) is 8.63. The van der Waals surface area contributed by atoms with E-state index in [0.29, 0.717) is 6.42 Å². The summed E-state index contributed by atoms with van der Waals surface area (Å²) in [6, 6.07) is 1.95. The predicted molar refractivity (Wildman–Crippen MR) is 44.0 cm³/mol. The van der Waals surface area contributed by atoms with Crippen molar-refractivity contribution >= 4 is 17.4 Å². The molecule has 0 saturated heterocycles. The van der Waals surface area contributed by atoms with Crippen LogP contribution in [0.3, 0.4) is 0 Å². The van der Waals surface area contributed by atoms with Crippen LogP contribution in [0.1, 0.15) is 20.3 Å². The summed E-state index contributed by atoms with van der Waals surface area (Å²) in [5.74, 6) is -0.130. The first kappa shape index (κ1) is 10.2. The molecule has 0 aromatic carbocycles. The number of carbonyl (C=O) groups excluding carboxylic acids is 1. The van der Waals surface area contributed by atoms with Crippen molar-refractivity contribution in [2.45, 2.75) is 20.3 Å². The van der Waals surface area contributed by atoms with Crippen molar-refractivity contribution in [1.82, 2.24) is 0 Å². The van der Waals surface area contributed by atoms with E-state index in [9.17, 15) is 4.79 Å². The molecule has 0 fully saturated rings. The highest BCUT2D eigenvalue weighted by molar-refractivity contribution is 6.25. The van der Waals surface area contributed by atoms with Crippen LogP contribution in [0, 0.1) is 16.7 Å². The summed E-state index contributed by atoms with van der Waals surface area (Å²) in [6.45, 7) is 3.01. The first-order valence-corrected chi connectivity index (χ1v) is 3.68. The summed E-state index contributed by atoms with van der Waals surface area (Å²) in [7, 11) is 0. The number of allylic oxidation sites excluding steroid dienone is 1. The van der Waals surface area contributed by atoms with Crippen LogP contribution in [0.5, 0.6) is 0 Å². The first-order valence-electron chi connectivity index (χ1n) is 3.24. The van der Waals surface area contributed by atoms with Gasteiger partial charge in [-0.2, -0.15) is 5.26 Å². The van der Waals surface area contributed by atoms with Gasteiger partial charge < -0.3 is 0 Å². The lowest BCUT2D eigenvalue weighted by Gasteiger charge is -2.14. The maximum atomic E-state index is 10.9. The van der Waals surface area contributed by atoms with E-state index in [1.54, 1.807) is 13.0 Å². The summed E-state index contributed by atoms with van der Waals surface area (Å²) >= 11 is 5.27. The smallest absolute Gasteiger partial charge is 0.150 e. The van der Waals surface area contributed by atoms with Crippen LogP contribution in [0.4, 0.5) is 0 Å². The summed E-state index contributed by atoms with van der Waals surface area (Å²) < 4.78 is 0. The van der Waals surface area contributed by atoms with Crippen molar-refractivity contribution in [3.63, 3.8) is 0 Å². The van der Waals surface area contributed by atoms with Crippen molar-refractivity contribution < 1.29 is 4.79 Å². The molecular weight excluding hydrogens is 162 g/mol. The van der Waals surface area contributed by atoms with Gasteiger partial charge in [0.15, 0.2) is 0 Å². The van der Waals surface area contributed by atoms with Gasteiger partial charge >= 0.3 is 0 Å². The number of halogens is 1. The summed E-state index contributed by atoms with van der Waals surface area (Å²) in [6.07, 6.45) is 1.98. The number of rotatable bonds is 3. The number of nitrogens with zero attached hydrogens (tertiary/aromatic N) is 1. The Bertz CT molecular complexity index is 217. The Labute approximate surface area is 71.5 Å². The molecule has 0 aliphatic heterocycles. The van der Waals surface area contributed by atoms with Crippen LogP contribution in [0.15, 0.2) is 11.6 Å². The van der Waals surface area contributed by atoms with Crippen LogP contribution >= 0.6 is 11.6 Å².